The van der Waals surface area contributed by atoms with Gasteiger partial charge < -0.3 is 18.9 Å². The largest absolute Gasteiger partial charge is 0.374 e. The predicted octanol–water partition coefficient (Wildman–Crippen LogP) is 5.82. The molecule has 1 saturated heterocycles. The minimum atomic E-state index is -0.568. The summed E-state index contributed by atoms with van der Waals surface area (Å²) < 4.78 is 25.6. The highest BCUT2D eigenvalue weighted by Crippen LogP contribution is 2.27. The van der Waals surface area contributed by atoms with Gasteiger partial charge in [-0.1, -0.05) is 121 Å². The Morgan fingerprint density at radius 1 is 0.585 bits per heavy atom. The van der Waals surface area contributed by atoms with Crippen LogP contribution in [0.1, 0.15) is 22.3 Å². The molecule has 0 aromatic heterocycles. The number of nitrogens with one attached hydrogen (secondary N) is 1. The van der Waals surface area contributed by atoms with Gasteiger partial charge in [0.2, 0.25) is 0 Å². The van der Waals surface area contributed by atoms with E-state index in [1.165, 1.54) is 0 Å². The van der Waals surface area contributed by atoms with Crippen LogP contribution in [0.5, 0.6) is 0 Å². The van der Waals surface area contributed by atoms with Crippen molar-refractivity contribution < 1.29 is 18.9 Å². The Balaban J connectivity index is 1.36. The molecule has 0 radical (unpaired) electrons. The maximum absolute atomic E-state index is 10.1. The van der Waals surface area contributed by atoms with Gasteiger partial charge >= 0.3 is 0 Å². The number of nitriles is 1. The van der Waals surface area contributed by atoms with Gasteiger partial charge in [0, 0.05) is 0 Å². The standard InChI is InChI=1S/C35H36N2O4/c36-21-31-34(40-24-29-17-9-3-10-18-29)35(41-25-30-19-11-4-12-20-30)33(37-31)32(39-23-28-15-7-2-8-16-28)26-38-22-27-13-5-1-6-14-27/h1-20,31-35,37H,22-26H2/t31-,32-,33+,34+,35+/m1/s1. The SMILES string of the molecule is N#C[C@H]1N[C@@H]([C@@H](COCc2ccccc2)OCc2ccccc2)[C@H](OCc2ccccc2)[C@H]1OCc1ccccc1. The number of hydrogen-bond donors (Lipinski definition) is 1. The monoisotopic (exact) mass is 548 g/mol. The van der Waals surface area contributed by atoms with Crippen molar-refractivity contribution in [1.29, 1.82) is 5.26 Å². The van der Waals surface area contributed by atoms with Gasteiger partial charge in [-0.3, -0.25) is 5.32 Å². The van der Waals surface area contributed by atoms with E-state index in [2.05, 4.69) is 11.4 Å². The van der Waals surface area contributed by atoms with E-state index in [1.807, 2.05) is 121 Å². The summed E-state index contributed by atoms with van der Waals surface area (Å²) in [6.45, 7) is 1.97. The lowest BCUT2D eigenvalue weighted by atomic mass is 10.0. The average Bonchev–Trinajstić information content (AvgIpc) is 3.39. The van der Waals surface area contributed by atoms with Crippen LogP contribution in [0.25, 0.3) is 0 Å². The summed E-state index contributed by atoms with van der Waals surface area (Å²) in [4.78, 5) is 0. The van der Waals surface area contributed by atoms with Crippen LogP contribution in [-0.2, 0) is 45.4 Å². The average molecular weight is 549 g/mol. The third kappa shape index (κ3) is 8.34. The molecule has 0 spiro atoms. The van der Waals surface area contributed by atoms with E-state index in [4.69, 9.17) is 18.9 Å². The lowest BCUT2D eigenvalue weighted by Gasteiger charge is -2.30. The van der Waals surface area contributed by atoms with Gasteiger partial charge in [-0.2, -0.15) is 5.26 Å². The maximum atomic E-state index is 10.1. The van der Waals surface area contributed by atoms with Crippen LogP contribution in [-0.4, -0.2) is 37.0 Å². The molecule has 41 heavy (non-hydrogen) atoms. The highest BCUT2D eigenvalue weighted by Gasteiger charge is 2.48. The molecule has 1 aliphatic heterocycles. The zero-order valence-corrected chi connectivity index (χ0v) is 23.0. The Morgan fingerprint density at radius 2 is 1.02 bits per heavy atom. The summed E-state index contributed by atoms with van der Waals surface area (Å²) >= 11 is 0. The molecular formula is C35H36N2O4. The van der Waals surface area contributed by atoms with Gasteiger partial charge in [0.05, 0.1) is 51.2 Å². The Morgan fingerprint density at radius 3 is 1.51 bits per heavy atom. The van der Waals surface area contributed by atoms with Crippen LogP contribution in [0.2, 0.25) is 0 Å². The highest BCUT2D eigenvalue weighted by atomic mass is 16.6. The molecule has 1 N–H and O–H groups in total. The molecular weight excluding hydrogens is 512 g/mol. The Labute approximate surface area is 242 Å². The normalized spacial score (nSPS) is 20.9. The van der Waals surface area contributed by atoms with E-state index in [9.17, 15) is 5.26 Å². The molecule has 1 heterocycles. The Hall–Kier alpha value is -3.83. The maximum Gasteiger partial charge on any atom is 0.125 e. The minimum Gasteiger partial charge on any atom is -0.374 e. The van der Waals surface area contributed by atoms with Crippen molar-refractivity contribution in [3.63, 3.8) is 0 Å². The number of rotatable bonds is 14. The first-order valence-electron chi connectivity index (χ1n) is 14.0. The second kappa shape index (κ2) is 15.2. The van der Waals surface area contributed by atoms with Gasteiger partial charge in [-0.25, -0.2) is 0 Å². The third-order valence-corrected chi connectivity index (χ3v) is 7.19. The summed E-state index contributed by atoms with van der Waals surface area (Å²) in [6.07, 6.45) is -1.32. The van der Waals surface area contributed by atoms with Crippen molar-refractivity contribution in [2.24, 2.45) is 0 Å². The second-order valence-electron chi connectivity index (χ2n) is 10.2. The summed E-state index contributed by atoms with van der Waals surface area (Å²) in [7, 11) is 0. The molecule has 0 bridgehead atoms. The Kier molecular flexibility index (Phi) is 10.7. The van der Waals surface area contributed by atoms with Crippen LogP contribution < -0.4 is 5.32 Å². The number of hydrogen-bond acceptors (Lipinski definition) is 6. The molecule has 0 amide bonds. The predicted molar refractivity (Wildman–Crippen MR) is 157 cm³/mol. The van der Waals surface area contributed by atoms with Crippen molar-refractivity contribution in [3.8, 4) is 6.07 Å². The highest BCUT2D eigenvalue weighted by molar-refractivity contribution is 5.18. The van der Waals surface area contributed by atoms with Crippen LogP contribution in [0.4, 0.5) is 0 Å². The van der Waals surface area contributed by atoms with E-state index in [1.54, 1.807) is 0 Å². The molecule has 5 atom stereocenters. The van der Waals surface area contributed by atoms with E-state index >= 15 is 0 Å². The van der Waals surface area contributed by atoms with Crippen LogP contribution in [0.15, 0.2) is 121 Å². The molecule has 0 aliphatic carbocycles. The van der Waals surface area contributed by atoms with Crippen molar-refractivity contribution in [2.45, 2.75) is 56.8 Å². The van der Waals surface area contributed by atoms with Gasteiger partial charge in [0.15, 0.2) is 0 Å². The van der Waals surface area contributed by atoms with Crippen LogP contribution in [0, 0.1) is 11.3 Å². The molecule has 4 aromatic carbocycles. The zero-order chi connectivity index (χ0) is 28.1. The topological polar surface area (TPSA) is 72.7 Å². The zero-order valence-electron chi connectivity index (χ0n) is 23.0. The van der Waals surface area contributed by atoms with Crippen molar-refractivity contribution in [2.75, 3.05) is 6.61 Å². The first-order valence-corrected chi connectivity index (χ1v) is 14.0. The van der Waals surface area contributed by atoms with Gasteiger partial charge in [-0.05, 0) is 22.3 Å². The molecule has 0 unspecified atom stereocenters. The molecule has 1 fully saturated rings. The number of nitrogens with zero attached hydrogens (tertiary/aromatic N) is 1. The quantitative estimate of drug-likeness (QED) is 0.214. The fraction of sp³-hybridized carbons (Fsp3) is 0.286. The lowest BCUT2D eigenvalue weighted by molar-refractivity contribution is -0.109. The van der Waals surface area contributed by atoms with Crippen molar-refractivity contribution in [3.05, 3.63) is 144 Å². The van der Waals surface area contributed by atoms with Crippen LogP contribution >= 0.6 is 0 Å². The minimum absolute atomic E-state index is 0.328. The van der Waals surface area contributed by atoms with E-state index < -0.39 is 18.2 Å². The lowest BCUT2D eigenvalue weighted by Crippen LogP contribution is -2.48. The summed E-state index contributed by atoms with van der Waals surface area (Å²) in [5.74, 6) is 0. The van der Waals surface area contributed by atoms with E-state index in [-0.39, 0.29) is 12.1 Å². The molecule has 6 heteroatoms. The fourth-order valence-electron chi connectivity index (χ4n) is 5.04. The summed E-state index contributed by atoms with van der Waals surface area (Å²) in [5.41, 5.74) is 4.24. The van der Waals surface area contributed by atoms with Gasteiger partial charge in [0.25, 0.3) is 0 Å². The molecule has 4 aromatic rings. The molecule has 1 aliphatic rings. The van der Waals surface area contributed by atoms with E-state index in [0.717, 1.165) is 22.3 Å². The van der Waals surface area contributed by atoms with Gasteiger partial charge in [0.1, 0.15) is 18.2 Å². The second-order valence-corrected chi connectivity index (χ2v) is 10.2. The smallest absolute Gasteiger partial charge is 0.125 e. The summed E-state index contributed by atoms with van der Waals surface area (Å²) in [5, 5.41) is 13.6. The molecule has 5 rings (SSSR count). The molecule has 6 nitrogen and oxygen atoms in total. The van der Waals surface area contributed by atoms with Crippen LogP contribution in [0.3, 0.4) is 0 Å². The van der Waals surface area contributed by atoms with Crippen molar-refractivity contribution >= 4 is 0 Å². The molecule has 0 saturated carbocycles. The summed E-state index contributed by atoms with van der Waals surface area (Å²) in [6, 6.07) is 41.7. The van der Waals surface area contributed by atoms with Gasteiger partial charge in [-0.15, -0.1) is 0 Å². The van der Waals surface area contributed by atoms with Crippen molar-refractivity contribution in [1.82, 2.24) is 5.32 Å². The first-order chi connectivity index (χ1) is 20.3. The first kappa shape index (κ1) is 28.7. The number of ether oxygens (including phenoxy) is 4. The Bertz CT molecular complexity index is 1330. The van der Waals surface area contributed by atoms with E-state index in [0.29, 0.717) is 33.0 Å². The third-order valence-electron chi connectivity index (χ3n) is 7.19. The fourth-order valence-corrected chi connectivity index (χ4v) is 5.04. The molecule has 210 valence electrons. The number of benzene rings is 4.